The van der Waals surface area contributed by atoms with Crippen molar-refractivity contribution < 1.29 is 14.4 Å². The predicted molar refractivity (Wildman–Crippen MR) is 157 cm³/mol. The fourth-order valence-corrected chi connectivity index (χ4v) is 6.63. The highest BCUT2D eigenvalue weighted by Gasteiger charge is 2.22. The number of amides is 3. The number of carbonyl (C=O) groups excluding carboxylic acids is 3. The van der Waals surface area contributed by atoms with E-state index in [1.807, 2.05) is 0 Å². The first-order valence-corrected chi connectivity index (χ1v) is 16.2. The van der Waals surface area contributed by atoms with Gasteiger partial charge in [-0.15, -0.1) is 0 Å². The number of benzene rings is 1. The van der Waals surface area contributed by atoms with Gasteiger partial charge in [0.05, 0.1) is 0 Å². The first-order valence-electron chi connectivity index (χ1n) is 16.2. The van der Waals surface area contributed by atoms with Crippen molar-refractivity contribution in [1.82, 2.24) is 16.0 Å². The Morgan fingerprint density at radius 2 is 0.590 bits per heavy atom. The number of hydrogen-bond acceptors (Lipinski definition) is 3. The van der Waals surface area contributed by atoms with Crippen LogP contribution in [0.3, 0.4) is 0 Å². The molecule has 0 spiro atoms. The third-order valence-corrected chi connectivity index (χ3v) is 9.04. The molecule has 0 unspecified atom stereocenters. The Hall–Kier alpha value is -2.37. The third kappa shape index (κ3) is 9.95. The third-order valence-electron chi connectivity index (χ3n) is 9.04. The lowest BCUT2D eigenvalue weighted by atomic mass is 9.95. The Morgan fingerprint density at radius 3 is 0.821 bits per heavy atom. The van der Waals surface area contributed by atoms with Gasteiger partial charge in [-0.3, -0.25) is 14.4 Å². The van der Waals surface area contributed by atoms with Crippen LogP contribution < -0.4 is 16.0 Å². The minimum Gasteiger partial charge on any atom is -0.349 e. The van der Waals surface area contributed by atoms with Crippen molar-refractivity contribution in [3.05, 3.63) is 34.9 Å². The van der Waals surface area contributed by atoms with E-state index >= 15 is 0 Å². The molecule has 0 aliphatic heterocycles. The van der Waals surface area contributed by atoms with E-state index in [1.54, 1.807) is 18.2 Å². The van der Waals surface area contributed by atoms with E-state index in [4.69, 9.17) is 0 Å². The van der Waals surface area contributed by atoms with Crippen molar-refractivity contribution in [3.8, 4) is 0 Å². The van der Waals surface area contributed by atoms with Crippen molar-refractivity contribution in [3.63, 3.8) is 0 Å². The van der Waals surface area contributed by atoms with Crippen LogP contribution >= 0.6 is 0 Å². The second kappa shape index (κ2) is 16.0. The fraction of sp³-hybridized carbons (Fsp3) is 0.727. The molecule has 3 amide bonds. The van der Waals surface area contributed by atoms with Crippen molar-refractivity contribution in [2.45, 2.75) is 153 Å². The lowest BCUT2D eigenvalue weighted by Crippen LogP contribution is -2.38. The maximum atomic E-state index is 13.4. The molecule has 0 aromatic heterocycles. The maximum absolute atomic E-state index is 13.4. The van der Waals surface area contributed by atoms with Gasteiger partial charge in [-0.1, -0.05) is 96.3 Å². The van der Waals surface area contributed by atoms with Crippen molar-refractivity contribution in [2.24, 2.45) is 0 Å². The van der Waals surface area contributed by atoms with Gasteiger partial charge in [0.25, 0.3) is 17.7 Å². The van der Waals surface area contributed by atoms with Crippen LogP contribution in [0.2, 0.25) is 0 Å². The van der Waals surface area contributed by atoms with E-state index in [2.05, 4.69) is 16.0 Å². The average Bonchev–Trinajstić information content (AvgIpc) is 2.88. The molecule has 6 nitrogen and oxygen atoms in total. The molecule has 3 saturated carbocycles. The zero-order chi connectivity index (χ0) is 27.3. The number of nitrogens with one attached hydrogen (secondary N) is 3. The second-order valence-electron chi connectivity index (χ2n) is 12.3. The van der Waals surface area contributed by atoms with Gasteiger partial charge in [0, 0.05) is 34.8 Å². The van der Waals surface area contributed by atoms with Crippen LogP contribution in [0.5, 0.6) is 0 Å². The molecule has 0 saturated heterocycles. The summed E-state index contributed by atoms with van der Waals surface area (Å²) in [4.78, 5) is 40.3. The molecular weight excluding hydrogens is 486 g/mol. The molecule has 0 radical (unpaired) electrons. The number of rotatable bonds is 6. The lowest BCUT2D eigenvalue weighted by Gasteiger charge is -2.23. The average molecular weight is 538 g/mol. The highest BCUT2D eigenvalue weighted by Crippen LogP contribution is 2.21. The summed E-state index contributed by atoms with van der Waals surface area (Å²) in [5, 5.41) is 9.68. The van der Waals surface area contributed by atoms with Gasteiger partial charge in [-0.2, -0.15) is 0 Å². The van der Waals surface area contributed by atoms with E-state index in [1.165, 1.54) is 57.8 Å². The topological polar surface area (TPSA) is 87.3 Å². The minimum atomic E-state index is -0.179. The quantitative estimate of drug-likeness (QED) is 0.358. The summed E-state index contributed by atoms with van der Waals surface area (Å²) in [6, 6.07) is 5.50. The highest BCUT2D eigenvalue weighted by molar-refractivity contribution is 6.04. The summed E-state index contributed by atoms with van der Waals surface area (Å²) in [5.74, 6) is -0.538. The molecular formula is C33H51N3O3. The van der Waals surface area contributed by atoms with Crippen LogP contribution in [0, 0.1) is 0 Å². The smallest absolute Gasteiger partial charge is 0.251 e. The van der Waals surface area contributed by atoms with Gasteiger partial charge in [-0.25, -0.2) is 0 Å². The van der Waals surface area contributed by atoms with Gasteiger partial charge in [-0.05, 0) is 56.7 Å². The molecule has 1 aromatic carbocycles. The normalized spacial score (nSPS) is 21.2. The summed E-state index contributed by atoms with van der Waals surface area (Å²) in [5.41, 5.74) is 1.22. The zero-order valence-corrected chi connectivity index (χ0v) is 24.0. The minimum absolute atomic E-state index is 0.150. The van der Waals surface area contributed by atoms with E-state index in [-0.39, 0.29) is 35.8 Å². The summed E-state index contributed by atoms with van der Waals surface area (Å²) in [6.45, 7) is 0. The van der Waals surface area contributed by atoms with E-state index < -0.39 is 0 Å². The van der Waals surface area contributed by atoms with Gasteiger partial charge >= 0.3 is 0 Å². The molecule has 0 atom stereocenters. The Morgan fingerprint density at radius 1 is 0.385 bits per heavy atom. The van der Waals surface area contributed by atoms with Crippen molar-refractivity contribution in [1.29, 1.82) is 0 Å². The van der Waals surface area contributed by atoms with Gasteiger partial charge in [0.2, 0.25) is 0 Å². The summed E-state index contributed by atoms with van der Waals surface area (Å²) < 4.78 is 0. The molecule has 0 bridgehead atoms. The fourth-order valence-electron chi connectivity index (χ4n) is 6.63. The molecule has 216 valence electrons. The van der Waals surface area contributed by atoms with Gasteiger partial charge < -0.3 is 16.0 Å². The largest absolute Gasteiger partial charge is 0.349 e. The van der Waals surface area contributed by atoms with E-state index in [0.29, 0.717) is 16.7 Å². The zero-order valence-electron chi connectivity index (χ0n) is 24.0. The van der Waals surface area contributed by atoms with Crippen LogP contribution in [-0.4, -0.2) is 35.8 Å². The molecule has 3 aliphatic rings. The molecule has 39 heavy (non-hydrogen) atoms. The maximum Gasteiger partial charge on any atom is 0.251 e. The van der Waals surface area contributed by atoms with Crippen LogP contribution in [0.4, 0.5) is 0 Å². The lowest BCUT2D eigenvalue weighted by molar-refractivity contribution is 0.0929. The first-order chi connectivity index (χ1) is 19.1. The monoisotopic (exact) mass is 537 g/mol. The Labute approximate surface area is 235 Å². The van der Waals surface area contributed by atoms with Crippen LogP contribution in [-0.2, 0) is 0 Å². The first kappa shape index (κ1) is 29.6. The predicted octanol–water partition coefficient (Wildman–Crippen LogP) is 7.21. The van der Waals surface area contributed by atoms with Crippen LogP contribution in [0.25, 0.3) is 0 Å². The van der Waals surface area contributed by atoms with E-state index in [9.17, 15) is 14.4 Å². The van der Waals surface area contributed by atoms with Crippen molar-refractivity contribution >= 4 is 17.7 Å². The highest BCUT2D eigenvalue weighted by atomic mass is 16.2. The SMILES string of the molecule is O=C(NC1CCCCCCC1)c1cc(C(=O)NC2CCCCCCC2)cc(C(=O)NC2CCCCCCC2)c1. The molecule has 1 aromatic rings. The molecule has 0 heterocycles. The molecule has 4 rings (SSSR count). The van der Waals surface area contributed by atoms with Crippen molar-refractivity contribution in [2.75, 3.05) is 0 Å². The standard InChI is InChI=1S/C33H51N3O3/c37-31(34-28-16-10-4-1-5-11-17-28)25-22-26(32(38)35-29-18-12-6-2-7-13-19-29)24-27(23-25)33(39)36-30-20-14-8-3-9-15-21-30/h22-24,28-30H,1-21H2,(H,34,37)(H,35,38)(H,36,39). The molecule has 3 fully saturated rings. The Bertz CT molecular complexity index is 791. The van der Waals surface area contributed by atoms with E-state index in [0.717, 1.165) is 77.0 Å². The van der Waals surface area contributed by atoms with Crippen LogP contribution in [0.1, 0.15) is 166 Å². The molecule has 3 aliphatic carbocycles. The Balaban J connectivity index is 1.51. The summed E-state index contributed by atoms with van der Waals surface area (Å²) in [6.07, 6.45) is 23.8. The second-order valence-corrected chi connectivity index (χ2v) is 12.3. The molecule has 3 N–H and O–H groups in total. The number of carbonyl (C=O) groups is 3. The van der Waals surface area contributed by atoms with Gasteiger partial charge in [0.15, 0.2) is 0 Å². The number of hydrogen-bond donors (Lipinski definition) is 3. The molecule has 6 heteroatoms. The summed E-state index contributed by atoms with van der Waals surface area (Å²) >= 11 is 0. The Kier molecular flexibility index (Phi) is 12.2. The van der Waals surface area contributed by atoms with Gasteiger partial charge in [0.1, 0.15) is 0 Å². The summed E-state index contributed by atoms with van der Waals surface area (Å²) in [7, 11) is 0. The van der Waals surface area contributed by atoms with Crippen LogP contribution in [0.15, 0.2) is 18.2 Å².